The Kier molecular flexibility index (Phi) is 4.69. The van der Waals surface area contributed by atoms with Gasteiger partial charge in [-0.3, -0.25) is 0 Å². The van der Waals surface area contributed by atoms with Gasteiger partial charge in [0.1, 0.15) is 0 Å². The second-order valence-electron chi connectivity index (χ2n) is 1.64. The standard InChI is InChI=1S/C7H13NO/c1-7(9-3)5-4-6-8-2/h4,6,8H,1,5H2,2-3H3/b6-4+. The molecule has 9 heavy (non-hydrogen) atoms. The number of nitrogens with one attached hydrogen (secondary N) is 1. The fourth-order valence-corrected chi connectivity index (χ4v) is 0.392. The summed E-state index contributed by atoms with van der Waals surface area (Å²) in [6.07, 6.45) is 4.58. The molecule has 0 saturated carbocycles. The van der Waals surface area contributed by atoms with Crippen molar-refractivity contribution in [1.29, 1.82) is 0 Å². The monoisotopic (exact) mass is 127 g/mol. The molecule has 1 N–H and O–H groups in total. The zero-order valence-corrected chi connectivity index (χ0v) is 5.98. The fraction of sp³-hybridized carbons (Fsp3) is 0.429. The Morgan fingerprint density at radius 2 is 2.44 bits per heavy atom. The third-order valence-electron chi connectivity index (χ3n) is 0.919. The molecule has 0 aromatic carbocycles. The Morgan fingerprint density at radius 3 is 2.89 bits per heavy atom. The summed E-state index contributed by atoms with van der Waals surface area (Å²) in [6, 6.07) is 0. The summed E-state index contributed by atoms with van der Waals surface area (Å²) in [5, 5.41) is 2.87. The second-order valence-corrected chi connectivity index (χ2v) is 1.64. The molecule has 0 radical (unpaired) electrons. The van der Waals surface area contributed by atoms with E-state index in [9.17, 15) is 0 Å². The van der Waals surface area contributed by atoms with Crippen LogP contribution in [0.15, 0.2) is 24.6 Å². The number of allylic oxidation sites excluding steroid dienone is 1. The summed E-state index contributed by atoms with van der Waals surface area (Å²) in [5.41, 5.74) is 0. The molecule has 0 spiro atoms. The van der Waals surface area contributed by atoms with Gasteiger partial charge in [-0.25, -0.2) is 0 Å². The van der Waals surface area contributed by atoms with Crippen LogP contribution in [0.4, 0.5) is 0 Å². The molecule has 52 valence electrons. The minimum absolute atomic E-state index is 0.775. The van der Waals surface area contributed by atoms with Crippen molar-refractivity contribution in [2.24, 2.45) is 0 Å². The Labute approximate surface area is 56.2 Å². The molecule has 0 amide bonds. The number of ether oxygens (including phenoxy) is 1. The van der Waals surface area contributed by atoms with Crippen molar-refractivity contribution in [3.8, 4) is 0 Å². The third-order valence-corrected chi connectivity index (χ3v) is 0.919. The molecule has 0 fully saturated rings. The van der Waals surface area contributed by atoms with Gasteiger partial charge in [0.05, 0.1) is 12.9 Å². The molecular formula is C7H13NO. The molecule has 0 bridgehead atoms. The lowest BCUT2D eigenvalue weighted by atomic mass is 10.4. The maximum absolute atomic E-state index is 4.82. The van der Waals surface area contributed by atoms with Crippen LogP contribution in [-0.4, -0.2) is 14.2 Å². The zero-order valence-electron chi connectivity index (χ0n) is 5.98. The summed E-state index contributed by atoms with van der Waals surface area (Å²) in [4.78, 5) is 0. The topological polar surface area (TPSA) is 21.3 Å². The highest BCUT2D eigenvalue weighted by Crippen LogP contribution is 1.96. The van der Waals surface area contributed by atoms with Crippen molar-refractivity contribution in [2.75, 3.05) is 14.2 Å². The lowest BCUT2D eigenvalue weighted by molar-refractivity contribution is 0.287. The third kappa shape index (κ3) is 4.94. The van der Waals surface area contributed by atoms with Gasteiger partial charge in [0.15, 0.2) is 0 Å². The molecule has 0 aliphatic heterocycles. The van der Waals surface area contributed by atoms with Gasteiger partial charge >= 0.3 is 0 Å². The van der Waals surface area contributed by atoms with Crippen LogP contribution in [0.2, 0.25) is 0 Å². The molecule has 0 aromatic rings. The van der Waals surface area contributed by atoms with E-state index in [0.717, 1.165) is 12.2 Å². The van der Waals surface area contributed by atoms with E-state index in [0.29, 0.717) is 0 Å². The summed E-state index contributed by atoms with van der Waals surface area (Å²) in [7, 11) is 3.47. The molecule has 2 nitrogen and oxygen atoms in total. The highest BCUT2D eigenvalue weighted by atomic mass is 16.5. The van der Waals surface area contributed by atoms with E-state index in [1.165, 1.54) is 0 Å². The van der Waals surface area contributed by atoms with Crippen molar-refractivity contribution in [2.45, 2.75) is 6.42 Å². The minimum Gasteiger partial charge on any atom is -0.501 e. The fourth-order valence-electron chi connectivity index (χ4n) is 0.392. The van der Waals surface area contributed by atoms with Crippen LogP contribution in [0.1, 0.15) is 6.42 Å². The number of rotatable bonds is 4. The van der Waals surface area contributed by atoms with E-state index in [1.807, 2.05) is 19.3 Å². The maximum atomic E-state index is 4.82. The quantitative estimate of drug-likeness (QED) is 0.574. The van der Waals surface area contributed by atoms with Crippen molar-refractivity contribution >= 4 is 0 Å². The van der Waals surface area contributed by atoms with Gasteiger partial charge in [0.2, 0.25) is 0 Å². The summed E-state index contributed by atoms with van der Waals surface area (Å²) in [5.74, 6) is 0.779. The molecule has 2 heteroatoms. The van der Waals surface area contributed by atoms with E-state index in [1.54, 1.807) is 7.11 Å². The molecule has 0 saturated heterocycles. The second kappa shape index (κ2) is 5.22. The zero-order chi connectivity index (χ0) is 7.11. The van der Waals surface area contributed by atoms with E-state index < -0.39 is 0 Å². The average Bonchev–Trinajstić information content (AvgIpc) is 1.89. The number of methoxy groups -OCH3 is 1. The Bertz CT molecular complexity index is 107. The molecule has 0 aliphatic rings. The van der Waals surface area contributed by atoms with Crippen LogP contribution in [0.5, 0.6) is 0 Å². The highest BCUT2D eigenvalue weighted by molar-refractivity contribution is 4.93. The van der Waals surface area contributed by atoms with Crippen LogP contribution >= 0.6 is 0 Å². The molecule has 0 unspecified atom stereocenters. The maximum Gasteiger partial charge on any atom is 0.0922 e. The van der Waals surface area contributed by atoms with Crippen molar-refractivity contribution in [3.63, 3.8) is 0 Å². The molecule has 0 aromatic heterocycles. The molecule has 0 rings (SSSR count). The van der Waals surface area contributed by atoms with Crippen LogP contribution < -0.4 is 5.32 Å². The van der Waals surface area contributed by atoms with E-state index in [-0.39, 0.29) is 0 Å². The van der Waals surface area contributed by atoms with Gasteiger partial charge in [-0.15, -0.1) is 0 Å². The van der Waals surface area contributed by atoms with Crippen LogP contribution in [0.3, 0.4) is 0 Å². The van der Waals surface area contributed by atoms with Crippen LogP contribution in [-0.2, 0) is 4.74 Å². The molecule has 0 aliphatic carbocycles. The molecule has 0 heterocycles. The average molecular weight is 127 g/mol. The first-order valence-corrected chi connectivity index (χ1v) is 2.85. The first kappa shape index (κ1) is 8.08. The van der Waals surface area contributed by atoms with Gasteiger partial charge in [0.25, 0.3) is 0 Å². The summed E-state index contributed by atoms with van der Waals surface area (Å²) >= 11 is 0. The Hall–Kier alpha value is -0.920. The minimum atomic E-state index is 0.775. The lowest BCUT2D eigenvalue weighted by Crippen LogP contribution is -1.91. The van der Waals surface area contributed by atoms with E-state index >= 15 is 0 Å². The summed E-state index contributed by atoms with van der Waals surface area (Å²) in [6.45, 7) is 3.64. The molecular weight excluding hydrogens is 114 g/mol. The normalized spacial score (nSPS) is 9.56. The Balaban J connectivity index is 3.26. The van der Waals surface area contributed by atoms with Crippen LogP contribution in [0, 0.1) is 0 Å². The summed E-state index contributed by atoms with van der Waals surface area (Å²) < 4.78 is 4.82. The largest absolute Gasteiger partial charge is 0.501 e. The molecule has 0 atom stereocenters. The first-order chi connectivity index (χ1) is 4.31. The first-order valence-electron chi connectivity index (χ1n) is 2.85. The highest BCUT2D eigenvalue weighted by Gasteiger charge is 1.83. The lowest BCUT2D eigenvalue weighted by Gasteiger charge is -1.97. The van der Waals surface area contributed by atoms with Gasteiger partial charge in [0, 0.05) is 13.5 Å². The predicted octanol–water partition coefficient (Wildman–Crippen LogP) is 1.27. The van der Waals surface area contributed by atoms with Crippen molar-refractivity contribution in [1.82, 2.24) is 5.32 Å². The van der Waals surface area contributed by atoms with Crippen molar-refractivity contribution in [3.05, 3.63) is 24.6 Å². The predicted molar refractivity (Wildman–Crippen MR) is 39.0 cm³/mol. The Morgan fingerprint density at radius 1 is 1.78 bits per heavy atom. The van der Waals surface area contributed by atoms with Gasteiger partial charge in [-0.2, -0.15) is 0 Å². The van der Waals surface area contributed by atoms with Crippen LogP contribution in [0.25, 0.3) is 0 Å². The van der Waals surface area contributed by atoms with E-state index in [4.69, 9.17) is 4.74 Å². The number of hydrogen-bond donors (Lipinski definition) is 1. The van der Waals surface area contributed by atoms with Gasteiger partial charge < -0.3 is 10.1 Å². The van der Waals surface area contributed by atoms with Gasteiger partial charge in [-0.05, 0) is 6.20 Å². The smallest absolute Gasteiger partial charge is 0.0922 e. The SMILES string of the molecule is C=C(C/C=C/NC)OC. The van der Waals surface area contributed by atoms with E-state index in [2.05, 4.69) is 11.9 Å². The number of hydrogen-bond acceptors (Lipinski definition) is 2. The van der Waals surface area contributed by atoms with Gasteiger partial charge in [-0.1, -0.05) is 12.7 Å². The van der Waals surface area contributed by atoms with Crippen molar-refractivity contribution < 1.29 is 4.74 Å².